The first-order chi connectivity index (χ1) is 11.8. The van der Waals surface area contributed by atoms with Gasteiger partial charge in [0.15, 0.2) is 0 Å². The second-order valence-corrected chi connectivity index (χ2v) is 7.19. The summed E-state index contributed by atoms with van der Waals surface area (Å²) in [5, 5.41) is 3.13. The van der Waals surface area contributed by atoms with Gasteiger partial charge in [0.2, 0.25) is 11.8 Å². The van der Waals surface area contributed by atoms with Gasteiger partial charge in [-0.05, 0) is 57.0 Å². The van der Waals surface area contributed by atoms with E-state index in [-0.39, 0.29) is 30.3 Å². The van der Waals surface area contributed by atoms with Crippen molar-refractivity contribution in [3.05, 3.63) is 29.8 Å². The van der Waals surface area contributed by atoms with Crippen molar-refractivity contribution in [3.8, 4) is 0 Å². The molecule has 0 unspecified atom stereocenters. The van der Waals surface area contributed by atoms with Gasteiger partial charge in [0.25, 0.3) is 0 Å². The van der Waals surface area contributed by atoms with Crippen molar-refractivity contribution in [1.82, 2.24) is 10.2 Å². The van der Waals surface area contributed by atoms with Crippen LogP contribution in [0.25, 0.3) is 0 Å². The summed E-state index contributed by atoms with van der Waals surface area (Å²) in [4.78, 5) is 27.5. The zero-order chi connectivity index (χ0) is 18.4. The summed E-state index contributed by atoms with van der Waals surface area (Å²) < 4.78 is 0. The number of rotatable bonds is 7. The maximum atomic E-state index is 12.4. The molecule has 0 radical (unpaired) electrons. The highest BCUT2D eigenvalue weighted by Gasteiger charge is 2.26. The second kappa shape index (κ2) is 8.85. The Bertz CT molecular complexity index is 578. The molecule has 1 aromatic carbocycles. The molecule has 6 nitrogen and oxygen atoms in total. The third-order valence-corrected chi connectivity index (χ3v) is 4.72. The number of nitrogens with one attached hydrogen (secondary N) is 1. The number of hydrogen-bond donors (Lipinski definition) is 2. The molecule has 2 rings (SSSR count). The standard InChI is InChI=1S/C19H30N4O2/c1-14(12-15-4-6-17(7-5-15)22(2)3)21-19(25)16-8-10-23(11-9-16)13-18(20)24/h4-7,14,16H,8-13H2,1-3H3,(H2,20,24)(H,21,25)/t14-/m1/s1. The lowest BCUT2D eigenvalue weighted by atomic mass is 9.95. The minimum absolute atomic E-state index is 0.0303. The Labute approximate surface area is 150 Å². The zero-order valence-electron chi connectivity index (χ0n) is 15.5. The fourth-order valence-corrected chi connectivity index (χ4v) is 3.27. The summed E-state index contributed by atoms with van der Waals surface area (Å²) in [6, 6.07) is 8.51. The molecule has 1 saturated heterocycles. The van der Waals surface area contributed by atoms with E-state index in [9.17, 15) is 9.59 Å². The van der Waals surface area contributed by atoms with Crippen molar-refractivity contribution in [2.45, 2.75) is 32.2 Å². The molecule has 3 N–H and O–H groups in total. The highest BCUT2D eigenvalue weighted by atomic mass is 16.2. The van der Waals surface area contributed by atoms with Gasteiger partial charge in [-0.1, -0.05) is 12.1 Å². The predicted molar refractivity (Wildman–Crippen MR) is 100 cm³/mol. The first-order valence-electron chi connectivity index (χ1n) is 8.92. The molecule has 1 aliphatic heterocycles. The molecule has 1 fully saturated rings. The van der Waals surface area contributed by atoms with Gasteiger partial charge in [0, 0.05) is 31.7 Å². The molecule has 1 aromatic rings. The number of anilines is 1. The van der Waals surface area contributed by atoms with Crippen LogP contribution in [0.1, 0.15) is 25.3 Å². The number of amides is 2. The monoisotopic (exact) mass is 346 g/mol. The van der Waals surface area contributed by atoms with Crippen molar-refractivity contribution >= 4 is 17.5 Å². The number of nitrogens with two attached hydrogens (primary N) is 1. The Morgan fingerprint density at radius 3 is 2.36 bits per heavy atom. The lowest BCUT2D eigenvalue weighted by Gasteiger charge is -2.31. The number of nitrogens with zero attached hydrogens (tertiary/aromatic N) is 2. The van der Waals surface area contributed by atoms with Crippen LogP contribution in [0.3, 0.4) is 0 Å². The molecule has 0 spiro atoms. The summed E-state index contributed by atoms with van der Waals surface area (Å²) in [7, 11) is 4.04. The Balaban J connectivity index is 1.77. The summed E-state index contributed by atoms with van der Waals surface area (Å²) in [5.41, 5.74) is 7.61. The van der Waals surface area contributed by atoms with Crippen LogP contribution in [0.15, 0.2) is 24.3 Å². The van der Waals surface area contributed by atoms with E-state index in [1.807, 2.05) is 25.9 Å². The summed E-state index contributed by atoms with van der Waals surface area (Å²) in [6.45, 7) is 3.83. The maximum absolute atomic E-state index is 12.4. The van der Waals surface area contributed by atoms with E-state index in [0.717, 1.165) is 32.4 Å². The van der Waals surface area contributed by atoms with Gasteiger partial charge >= 0.3 is 0 Å². The maximum Gasteiger partial charge on any atom is 0.231 e. The molecule has 2 amide bonds. The molecule has 0 saturated carbocycles. The van der Waals surface area contributed by atoms with Crippen molar-refractivity contribution in [2.24, 2.45) is 11.7 Å². The van der Waals surface area contributed by atoms with Crippen LogP contribution in [-0.4, -0.2) is 56.5 Å². The van der Waals surface area contributed by atoms with E-state index in [4.69, 9.17) is 5.73 Å². The van der Waals surface area contributed by atoms with E-state index >= 15 is 0 Å². The number of piperidine rings is 1. The van der Waals surface area contributed by atoms with E-state index in [1.165, 1.54) is 11.3 Å². The van der Waals surface area contributed by atoms with Crippen LogP contribution in [0, 0.1) is 5.92 Å². The fourth-order valence-electron chi connectivity index (χ4n) is 3.27. The Morgan fingerprint density at radius 2 is 1.84 bits per heavy atom. The third-order valence-electron chi connectivity index (χ3n) is 4.72. The number of primary amides is 1. The van der Waals surface area contributed by atoms with Crippen LogP contribution in [0.5, 0.6) is 0 Å². The zero-order valence-corrected chi connectivity index (χ0v) is 15.5. The molecule has 1 atom stereocenters. The minimum atomic E-state index is -0.309. The van der Waals surface area contributed by atoms with Gasteiger partial charge < -0.3 is 16.0 Å². The Hall–Kier alpha value is -2.08. The van der Waals surface area contributed by atoms with Crippen molar-refractivity contribution in [1.29, 1.82) is 0 Å². The smallest absolute Gasteiger partial charge is 0.231 e. The highest BCUT2D eigenvalue weighted by molar-refractivity contribution is 5.79. The molecule has 0 aromatic heterocycles. The van der Waals surface area contributed by atoms with Gasteiger partial charge in [-0.2, -0.15) is 0 Å². The minimum Gasteiger partial charge on any atom is -0.378 e. The highest BCUT2D eigenvalue weighted by Crippen LogP contribution is 2.18. The SMILES string of the molecule is C[C@H](Cc1ccc(N(C)C)cc1)NC(=O)C1CCN(CC(N)=O)CC1. The van der Waals surface area contributed by atoms with Crippen LogP contribution >= 0.6 is 0 Å². The largest absolute Gasteiger partial charge is 0.378 e. The van der Waals surface area contributed by atoms with E-state index in [1.54, 1.807) is 0 Å². The Morgan fingerprint density at radius 1 is 1.24 bits per heavy atom. The number of carbonyl (C=O) groups excluding carboxylic acids is 2. The third kappa shape index (κ3) is 6.05. The number of carbonyl (C=O) groups is 2. The average molecular weight is 346 g/mol. The van der Waals surface area contributed by atoms with Crippen LogP contribution in [0.4, 0.5) is 5.69 Å². The van der Waals surface area contributed by atoms with E-state index in [0.29, 0.717) is 0 Å². The molecule has 0 aliphatic carbocycles. The molecule has 25 heavy (non-hydrogen) atoms. The molecule has 1 heterocycles. The predicted octanol–water partition coefficient (Wildman–Crippen LogP) is 0.997. The normalized spacial score (nSPS) is 17.1. The lowest BCUT2D eigenvalue weighted by molar-refractivity contribution is -0.127. The summed E-state index contributed by atoms with van der Waals surface area (Å²) >= 11 is 0. The van der Waals surface area contributed by atoms with Crippen LogP contribution in [0.2, 0.25) is 0 Å². The van der Waals surface area contributed by atoms with Crippen LogP contribution in [-0.2, 0) is 16.0 Å². The fraction of sp³-hybridized carbons (Fsp3) is 0.579. The van der Waals surface area contributed by atoms with Gasteiger partial charge in [0.05, 0.1) is 6.54 Å². The second-order valence-electron chi connectivity index (χ2n) is 7.19. The molecule has 0 bridgehead atoms. The van der Waals surface area contributed by atoms with Gasteiger partial charge in [-0.3, -0.25) is 14.5 Å². The van der Waals surface area contributed by atoms with Crippen molar-refractivity contribution < 1.29 is 9.59 Å². The summed E-state index contributed by atoms with van der Waals surface area (Å²) in [6.07, 6.45) is 2.38. The van der Waals surface area contributed by atoms with Crippen molar-refractivity contribution in [2.75, 3.05) is 38.6 Å². The molecular weight excluding hydrogens is 316 g/mol. The van der Waals surface area contributed by atoms with Crippen molar-refractivity contribution in [3.63, 3.8) is 0 Å². The number of hydrogen-bond acceptors (Lipinski definition) is 4. The number of likely N-dealkylation sites (tertiary alicyclic amines) is 1. The lowest BCUT2D eigenvalue weighted by Crippen LogP contribution is -2.45. The van der Waals surface area contributed by atoms with E-state index in [2.05, 4.69) is 34.5 Å². The summed E-state index contributed by atoms with van der Waals surface area (Å²) in [5.74, 6) is -0.157. The first-order valence-corrected chi connectivity index (χ1v) is 8.92. The molecular formula is C19H30N4O2. The quantitative estimate of drug-likeness (QED) is 0.772. The van der Waals surface area contributed by atoms with Gasteiger partial charge in [-0.25, -0.2) is 0 Å². The first kappa shape index (κ1) is 19.2. The molecule has 138 valence electrons. The van der Waals surface area contributed by atoms with Crippen LogP contribution < -0.4 is 16.0 Å². The van der Waals surface area contributed by atoms with Gasteiger partial charge in [0.1, 0.15) is 0 Å². The number of benzene rings is 1. The topological polar surface area (TPSA) is 78.7 Å². The molecule has 1 aliphatic rings. The van der Waals surface area contributed by atoms with Gasteiger partial charge in [-0.15, -0.1) is 0 Å². The molecule has 6 heteroatoms. The van der Waals surface area contributed by atoms with E-state index < -0.39 is 0 Å². The average Bonchev–Trinajstić information content (AvgIpc) is 2.55. The Kier molecular flexibility index (Phi) is 6.82.